The number of non-ortho nitro benzene ring substituents is 1. The van der Waals surface area contributed by atoms with Crippen molar-refractivity contribution >= 4 is 17.3 Å². The molecule has 0 aliphatic carbocycles. The van der Waals surface area contributed by atoms with Crippen LogP contribution in [0.1, 0.15) is 30.1 Å². The van der Waals surface area contributed by atoms with Crippen molar-refractivity contribution in [3.8, 4) is 0 Å². The van der Waals surface area contributed by atoms with Crippen molar-refractivity contribution in [1.82, 2.24) is 0 Å². The molecule has 19 heavy (non-hydrogen) atoms. The van der Waals surface area contributed by atoms with Gasteiger partial charge in [0.2, 0.25) is 0 Å². The zero-order chi connectivity index (χ0) is 14.0. The van der Waals surface area contributed by atoms with Gasteiger partial charge in [-0.15, -0.1) is 0 Å². The van der Waals surface area contributed by atoms with E-state index < -0.39 is 10.9 Å². The Bertz CT molecular complexity index is 507. The molecular formula is C13H16N2O4. The van der Waals surface area contributed by atoms with E-state index in [1.807, 2.05) is 4.90 Å². The van der Waals surface area contributed by atoms with Crippen molar-refractivity contribution < 1.29 is 14.8 Å². The van der Waals surface area contributed by atoms with Gasteiger partial charge in [0.25, 0.3) is 5.69 Å². The van der Waals surface area contributed by atoms with Crippen molar-refractivity contribution in [2.45, 2.75) is 19.8 Å². The fourth-order valence-electron chi connectivity index (χ4n) is 2.33. The van der Waals surface area contributed by atoms with Crippen molar-refractivity contribution in [2.75, 3.05) is 18.0 Å². The Morgan fingerprint density at radius 3 is 2.58 bits per heavy atom. The van der Waals surface area contributed by atoms with Gasteiger partial charge in [0.15, 0.2) is 0 Å². The predicted molar refractivity (Wildman–Crippen MR) is 70.7 cm³/mol. The first-order chi connectivity index (χ1) is 8.99. The highest BCUT2D eigenvalue weighted by molar-refractivity contribution is 5.95. The predicted octanol–water partition coefficient (Wildman–Crippen LogP) is 2.53. The van der Waals surface area contributed by atoms with Gasteiger partial charge in [0.05, 0.1) is 16.2 Å². The largest absolute Gasteiger partial charge is 0.478 e. The molecule has 0 atom stereocenters. The number of piperidine rings is 1. The van der Waals surface area contributed by atoms with Crippen molar-refractivity contribution in [3.05, 3.63) is 33.9 Å². The van der Waals surface area contributed by atoms with Crippen molar-refractivity contribution in [2.24, 2.45) is 5.92 Å². The lowest BCUT2D eigenvalue weighted by Gasteiger charge is -2.32. The molecule has 2 rings (SSSR count). The summed E-state index contributed by atoms with van der Waals surface area (Å²) in [5.41, 5.74) is 0.507. The van der Waals surface area contributed by atoms with Crippen LogP contribution in [0, 0.1) is 16.0 Å². The topological polar surface area (TPSA) is 83.7 Å². The lowest BCUT2D eigenvalue weighted by molar-refractivity contribution is -0.384. The second-order valence-electron chi connectivity index (χ2n) is 4.93. The molecule has 6 nitrogen and oxygen atoms in total. The van der Waals surface area contributed by atoms with E-state index >= 15 is 0 Å². The molecule has 1 aliphatic rings. The van der Waals surface area contributed by atoms with E-state index in [-0.39, 0.29) is 11.3 Å². The van der Waals surface area contributed by atoms with Crippen LogP contribution in [0.4, 0.5) is 11.4 Å². The fourth-order valence-corrected chi connectivity index (χ4v) is 2.33. The molecule has 0 aromatic heterocycles. The molecule has 1 aliphatic heterocycles. The van der Waals surface area contributed by atoms with Gasteiger partial charge in [0.1, 0.15) is 0 Å². The molecule has 1 aromatic carbocycles. The van der Waals surface area contributed by atoms with Gasteiger partial charge < -0.3 is 10.0 Å². The van der Waals surface area contributed by atoms with Gasteiger partial charge >= 0.3 is 5.97 Å². The molecular weight excluding hydrogens is 248 g/mol. The molecule has 1 heterocycles. The second kappa shape index (κ2) is 5.26. The minimum atomic E-state index is -1.05. The maximum absolute atomic E-state index is 11.2. The third kappa shape index (κ3) is 2.83. The summed E-state index contributed by atoms with van der Waals surface area (Å²) in [5.74, 6) is -0.438. The van der Waals surface area contributed by atoms with Gasteiger partial charge in [-0.3, -0.25) is 10.1 Å². The van der Waals surface area contributed by atoms with Crippen LogP contribution in [0.25, 0.3) is 0 Å². The van der Waals surface area contributed by atoms with Gasteiger partial charge in [0, 0.05) is 25.2 Å². The molecule has 1 saturated heterocycles. The summed E-state index contributed by atoms with van der Waals surface area (Å²) in [6.07, 6.45) is 1.95. The summed E-state index contributed by atoms with van der Waals surface area (Å²) in [6, 6.07) is 3.91. The number of rotatable bonds is 3. The number of anilines is 1. The normalized spacial score (nSPS) is 16.4. The highest BCUT2D eigenvalue weighted by atomic mass is 16.6. The van der Waals surface area contributed by atoms with Crippen LogP contribution in [0.5, 0.6) is 0 Å². The molecule has 0 unspecified atom stereocenters. The first kappa shape index (κ1) is 13.3. The first-order valence-electron chi connectivity index (χ1n) is 6.25. The Morgan fingerprint density at radius 2 is 2.05 bits per heavy atom. The Morgan fingerprint density at radius 1 is 1.42 bits per heavy atom. The molecule has 0 radical (unpaired) electrons. The smallest absolute Gasteiger partial charge is 0.337 e. The number of hydrogen-bond acceptors (Lipinski definition) is 4. The van der Waals surface area contributed by atoms with Gasteiger partial charge in [-0.25, -0.2) is 4.79 Å². The standard InChI is InChI=1S/C13H16N2O4/c1-9-4-6-14(7-5-9)12-8-10(15(18)19)2-3-11(12)13(16)17/h2-3,8-9H,4-7H2,1H3,(H,16,17). The van der Waals surface area contributed by atoms with Gasteiger partial charge in [-0.05, 0) is 24.8 Å². The molecule has 6 heteroatoms. The molecule has 0 bridgehead atoms. The Labute approximate surface area is 110 Å². The Balaban J connectivity index is 2.37. The van der Waals surface area contributed by atoms with Crippen LogP contribution in [-0.4, -0.2) is 29.1 Å². The number of carbonyl (C=O) groups is 1. The number of nitro groups is 1. The molecule has 0 saturated carbocycles. The van der Waals surface area contributed by atoms with Crippen LogP contribution in [0.2, 0.25) is 0 Å². The number of nitrogens with zero attached hydrogens (tertiary/aromatic N) is 2. The SMILES string of the molecule is CC1CCN(c2cc([N+](=O)[O-])ccc2C(=O)O)CC1. The lowest BCUT2D eigenvalue weighted by Crippen LogP contribution is -2.33. The quantitative estimate of drug-likeness (QED) is 0.670. The Hall–Kier alpha value is -2.11. The Kier molecular flexibility index (Phi) is 3.69. The zero-order valence-corrected chi connectivity index (χ0v) is 10.7. The average Bonchev–Trinajstić information content (AvgIpc) is 2.38. The molecule has 0 amide bonds. The van der Waals surface area contributed by atoms with E-state index in [1.165, 1.54) is 18.2 Å². The fraction of sp³-hybridized carbons (Fsp3) is 0.462. The van der Waals surface area contributed by atoms with E-state index in [0.29, 0.717) is 11.6 Å². The number of hydrogen-bond donors (Lipinski definition) is 1. The van der Waals surface area contributed by atoms with Crippen molar-refractivity contribution in [3.63, 3.8) is 0 Å². The number of carboxylic acids is 1. The molecule has 1 N–H and O–H groups in total. The van der Waals surface area contributed by atoms with Gasteiger partial charge in [-0.2, -0.15) is 0 Å². The highest BCUT2D eigenvalue weighted by Crippen LogP contribution is 2.29. The second-order valence-corrected chi connectivity index (χ2v) is 4.93. The van der Waals surface area contributed by atoms with Crippen molar-refractivity contribution in [1.29, 1.82) is 0 Å². The zero-order valence-electron chi connectivity index (χ0n) is 10.7. The van der Waals surface area contributed by atoms with E-state index in [2.05, 4.69) is 6.92 Å². The minimum absolute atomic E-state index is 0.0707. The van der Waals surface area contributed by atoms with E-state index in [0.717, 1.165) is 25.9 Å². The summed E-state index contributed by atoms with van der Waals surface area (Å²) in [6.45, 7) is 3.63. The summed E-state index contributed by atoms with van der Waals surface area (Å²) in [5, 5.41) is 20.0. The molecule has 1 fully saturated rings. The average molecular weight is 264 g/mol. The molecule has 102 valence electrons. The van der Waals surface area contributed by atoms with E-state index in [9.17, 15) is 20.0 Å². The number of carboxylic acid groups (broad SMARTS) is 1. The van der Waals surface area contributed by atoms with Crippen LogP contribution in [0.3, 0.4) is 0 Å². The van der Waals surface area contributed by atoms with Gasteiger partial charge in [-0.1, -0.05) is 6.92 Å². The lowest BCUT2D eigenvalue weighted by atomic mass is 9.98. The van der Waals surface area contributed by atoms with Crippen LogP contribution in [0.15, 0.2) is 18.2 Å². The van der Waals surface area contributed by atoms with E-state index in [4.69, 9.17) is 0 Å². The number of aromatic carboxylic acids is 1. The number of nitro benzene ring substituents is 1. The van der Waals surface area contributed by atoms with E-state index in [1.54, 1.807) is 0 Å². The molecule has 1 aromatic rings. The van der Waals surface area contributed by atoms with Crippen LogP contribution >= 0.6 is 0 Å². The summed E-state index contributed by atoms with van der Waals surface area (Å²) < 4.78 is 0. The summed E-state index contributed by atoms with van der Waals surface area (Å²) >= 11 is 0. The monoisotopic (exact) mass is 264 g/mol. The number of benzene rings is 1. The summed E-state index contributed by atoms with van der Waals surface area (Å²) in [4.78, 5) is 23.5. The molecule has 0 spiro atoms. The third-order valence-electron chi connectivity index (χ3n) is 3.55. The summed E-state index contributed by atoms with van der Waals surface area (Å²) in [7, 11) is 0. The minimum Gasteiger partial charge on any atom is -0.478 e. The van der Waals surface area contributed by atoms with Crippen LogP contribution < -0.4 is 4.90 Å². The van der Waals surface area contributed by atoms with Crippen LogP contribution in [-0.2, 0) is 0 Å². The first-order valence-corrected chi connectivity index (χ1v) is 6.25. The maximum atomic E-state index is 11.2. The third-order valence-corrected chi connectivity index (χ3v) is 3.55. The highest BCUT2D eigenvalue weighted by Gasteiger charge is 2.23. The maximum Gasteiger partial charge on any atom is 0.337 e.